The Kier molecular flexibility index (Phi) is 4.34. The smallest absolute Gasteiger partial charge is 0.221 e. The maximum Gasteiger partial charge on any atom is 0.221 e. The molecule has 16 heavy (non-hydrogen) atoms. The molecule has 1 amide bonds. The minimum atomic E-state index is -0.0844. The predicted molar refractivity (Wildman–Crippen MR) is 64.0 cm³/mol. The van der Waals surface area contributed by atoms with Crippen molar-refractivity contribution < 1.29 is 4.79 Å². The SMILES string of the molecule is CC(=O)Nc1ccc(NCC(C)C#N)cc1. The van der Waals surface area contributed by atoms with Gasteiger partial charge >= 0.3 is 0 Å². The van der Waals surface area contributed by atoms with Crippen LogP contribution in [-0.4, -0.2) is 12.5 Å². The maximum atomic E-state index is 10.8. The van der Waals surface area contributed by atoms with Crippen molar-refractivity contribution in [1.29, 1.82) is 5.26 Å². The van der Waals surface area contributed by atoms with Gasteiger partial charge in [-0.25, -0.2) is 0 Å². The Morgan fingerprint density at radius 3 is 2.44 bits per heavy atom. The minimum absolute atomic E-state index is 0.0185. The summed E-state index contributed by atoms with van der Waals surface area (Å²) in [5.41, 5.74) is 1.71. The number of nitriles is 1. The van der Waals surface area contributed by atoms with Gasteiger partial charge in [-0.3, -0.25) is 4.79 Å². The molecular weight excluding hydrogens is 202 g/mol. The third-order valence-corrected chi connectivity index (χ3v) is 2.04. The fourth-order valence-corrected chi connectivity index (χ4v) is 1.19. The lowest BCUT2D eigenvalue weighted by Crippen LogP contribution is -2.09. The van der Waals surface area contributed by atoms with Crippen LogP contribution < -0.4 is 10.6 Å². The second-order valence-corrected chi connectivity index (χ2v) is 3.67. The Bertz CT molecular complexity index is 392. The molecule has 4 heteroatoms. The summed E-state index contributed by atoms with van der Waals surface area (Å²) in [6.45, 7) is 3.95. The van der Waals surface area contributed by atoms with Gasteiger partial charge in [-0.2, -0.15) is 5.26 Å². The molecular formula is C12H15N3O. The van der Waals surface area contributed by atoms with Crippen molar-refractivity contribution >= 4 is 17.3 Å². The molecule has 0 spiro atoms. The fraction of sp³-hybridized carbons (Fsp3) is 0.333. The zero-order valence-electron chi connectivity index (χ0n) is 9.45. The molecule has 0 aliphatic rings. The maximum absolute atomic E-state index is 10.8. The lowest BCUT2D eigenvalue weighted by atomic mass is 10.2. The number of amides is 1. The predicted octanol–water partition coefficient (Wildman–Crippen LogP) is 2.22. The van der Waals surface area contributed by atoms with Gasteiger partial charge < -0.3 is 10.6 Å². The van der Waals surface area contributed by atoms with Gasteiger partial charge in [-0.05, 0) is 31.2 Å². The van der Waals surface area contributed by atoms with Gasteiger partial charge in [0.15, 0.2) is 0 Å². The van der Waals surface area contributed by atoms with Crippen LogP contribution in [0, 0.1) is 17.2 Å². The molecule has 2 N–H and O–H groups in total. The van der Waals surface area contributed by atoms with E-state index in [1.54, 1.807) is 0 Å². The van der Waals surface area contributed by atoms with E-state index in [1.165, 1.54) is 6.92 Å². The summed E-state index contributed by atoms with van der Waals surface area (Å²) < 4.78 is 0. The normalized spacial score (nSPS) is 11.3. The minimum Gasteiger partial charge on any atom is -0.384 e. The van der Waals surface area contributed by atoms with E-state index in [9.17, 15) is 4.79 Å². The van der Waals surface area contributed by atoms with E-state index in [4.69, 9.17) is 5.26 Å². The molecule has 1 aromatic rings. The standard InChI is InChI=1S/C12H15N3O/c1-9(7-13)8-14-11-3-5-12(6-4-11)15-10(2)16/h3-6,9,14H,8H2,1-2H3,(H,15,16). The molecule has 0 fully saturated rings. The van der Waals surface area contributed by atoms with Gasteiger partial charge in [0.1, 0.15) is 0 Å². The summed E-state index contributed by atoms with van der Waals surface area (Å²) in [5, 5.41) is 14.4. The molecule has 0 bridgehead atoms. The molecule has 0 aliphatic carbocycles. The van der Waals surface area contributed by atoms with Crippen LogP contribution in [-0.2, 0) is 4.79 Å². The number of carbonyl (C=O) groups is 1. The van der Waals surface area contributed by atoms with Crippen LogP contribution in [0.5, 0.6) is 0 Å². The van der Waals surface area contributed by atoms with Crippen LogP contribution in [0.1, 0.15) is 13.8 Å². The number of anilines is 2. The molecule has 0 radical (unpaired) electrons. The zero-order chi connectivity index (χ0) is 12.0. The van der Waals surface area contributed by atoms with E-state index in [1.807, 2.05) is 31.2 Å². The van der Waals surface area contributed by atoms with E-state index in [-0.39, 0.29) is 11.8 Å². The highest BCUT2D eigenvalue weighted by Crippen LogP contribution is 2.13. The van der Waals surface area contributed by atoms with E-state index >= 15 is 0 Å². The average Bonchev–Trinajstić information content (AvgIpc) is 2.27. The first kappa shape index (κ1) is 12.1. The van der Waals surface area contributed by atoms with Crippen LogP contribution in [0.3, 0.4) is 0 Å². The van der Waals surface area contributed by atoms with Crippen molar-refractivity contribution in [2.45, 2.75) is 13.8 Å². The number of nitrogens with zero attached hydrogens (tertiary/aromatic N) is 1. The number of hydrogen-bond acceptors (Lipinski definition) is 3. The lowest BCUT2D eigenvalue weighted by molar-refractivity contribution is -0.114. The van der Waals surface area contributed by atoms with Crippen molar-refractivity contribution in [3.63, 3.8) is 0 Å². The number of rotatable bonds is 4. The van der Waals surface area contributed by atoms with Crippen LogP contribution in [0.4, 0.5) is 11.4 Å². The summed E-state index contributed by atoms with van der Waals surface area (Å²) in [5.74, 6) is -0.103. The van der Waals surface area contributed by atoms with Crippen LogP contribution in [0.25, 0.3) is 0 Å². The first-order chi connectivity index (χ1) is 7.61. The molecule has 84 valence electrons. The van der Waals surface area contributed by atoms with Gasteiger partial charge in [0.05, 0.1) is 12.0 Å². The summed E-state index contributed by atoms with van der Waals surface area (Å²) in [6.07, 6.45) is 0. The Hall–Kier alpha value is -2.02. The Morgan fingerprint density at radius 1 is 1.38 bits per heavy atom. The molecule has 0 heterocycles. The van der Waals surface area contributed by atoms with E-state index in [2.05, 4.69) is 16.7 Å². The number of hydrogen-bond donors (Lipinski definition) is 2. The molecule has 1 rings (SSSR count). The number of benzene rings is 1. The van der Waals surface area contributed by atoms with E-state index in [0.717, 1.165) is 11.4 Å². The molecule has 4 nitrogen and oxygen atoms in total. The van der Waals surface area contributed by atoms with Crippen LogP contribution in [0.15, 0.2) is 24.3 Å². The van der Waals surface area contributed by atoms with Gasteiger partial charge in [-0.1, -0.05) is 0 Å². The first-order valence-electron chi connectivity index (χ1n) is 5.13. The van der Waals surface area contributed by atoms with Gasteiger partial charge in [0.2, 0.25) is 5.91 Å². The second-order valence-electron chi connectivity index (χ2n) is 3.67. The van der Waals surface area contributed by atoms with E-state index in [0.29, 0.717) is 6.54 Å². The first-order valence-corrected chi connectivity index (χ1v) is 5.13. The lowest BCUT2D eigenvalue weighted by Gasteiger charge is -2.08. The molecule has 1 atom stereocenters. The Labute approximate surface area is 95.3 Å². The Morgan fingerprint density at radius 2 is 1.94 bits per heavy atom. The summed E-state index contributed by atoms with van der Waals surface area (Å²) >= 11 is 0. The molecule has 0 aromatic heterocycles. The Balaban J connectivity index is 2.52. The summed E-state index contributed by atoms with van der Waals surface area (Å²) in [4.78, 5) is 10.8. The topological polar surface area (TPSA) is 64.9 Å². The second kappa shape index (κ2) is 5.76. The van der Waals surface area contributed by atoms with Crippen LogP contribution in [0.2, 0.25) is 0 Å². The fourth-order valence-electron chi connectivity index (χ4n) is 1.19. The highest BCUT2D eigenvalue weighted by atomic mass is 16.1. The van der Waals surface area contributed by atoms with Crippen molar-refractivity contribution in [2.75, 3.05) is 17.2 Å². The quantitative estimate of drug-likeness (QED) is 0.812. The molecule has 1 aromatic carbocycles. The number of nitrogens with one attached hydrogen (secondary N) is 2. The van der Waals surface area contributed by atoms with Gasteiger partial charge in [0, 0.05) is 24.8 Å². The average molecular weight is 217 g/mol. The molecule has 1 unspecified atom stereocenters. The van der Waals surface area contributed by atoms with Gasteiger partial charge in [0.25, 0.3) is 0 Å². The largest absolute Gasteiger partial charge is 0.384 e. The third kappa shape index (κ3) is 4.01. The monoisotopic (exact) mass is 217 g/mol. The van der Waals surface area contributed by atoms with Crippen molar-refractivity contribution in [1.82, 2.24) is 0 Å². The summed E-state index contributed by atoms with van der Waals surface area (Å²) in [7, 11) is 0. The van der Waals surface area contributed by atoms with Crippen molar-refractivity contribution in [3.8, 4) is 6.07 Å². The van der Waals surface area contributed by atoms with E-state index < -0.39 is 0 Å². The molecule has 0 aliphatic heterocycles. The summed E-state index contributed by atoms with van der Waals surface area (Å²) in [6, 6.07) is 9.53. The molecule has 0 saturated carbocycles. The van der Waals surface area contributed by atoms with Gasteiger partial charge in [-0.15, -0.1) is 0 Å². The highest BCUT2D eigenvalue weighted by Gasteiger charge is 1.99. The zero-order valence-corrected chi connectivity index (χ0v) is 9.45. The third-order valence-electron chi connectivity index (χ3n) is 2.04. The highest BCUT2D eigenvalue weighted by molar-refractivity contribution is 5.88. The van der Waals surface area contributed by atoms with Crippen molar-refractivity contribution in [2.24, 2.45) is 5.92 Å². The molecule has 0 saturated heterocycles. The van der Waals surface area contributed by atoms with Crippen molar-refractivity contribution in [3.05, 3.63) is 24.3 Å². The number of carbonyl (C=O) groups excluding carboxylic acids is 1. The van der Waals surface area contributed by atoms with Crippen LogP contribution >= 0.6 is 0 Å².